The van der Waals surface area contributed by atoms with Gasteiger partial charge in [-0.3, -0.25) is 9.59 Å². The van der Waals surface area contributed by atoms with Crippen molar-refractivity contribution in [1.82, 2.24) is 5.32 Å². The Labute approximate surface area is 171 Å². The van der Waals surface area contributed by atoms with Gasteiger partial charge in [-0.05, 0) is 86.3 Å². The minimum atomic E-state index is -0.787. The highest BCUT2D eigenvalue weighted by Gasteiger charge is 2.51. The van der Waals surface area contributed by atoms with Crippen molar-refractivity contribution < 1.29 is 23.8 Å². The molecule has 1 amide bonds. The Hall–Kier alpha value is -2.24. The number of fused-ring (bicyclic) bond motifs is 1. The second kappa shape index (κ2) is 7.22. The highest BCUT2D eigenvalue weighted by molar-refractivity contribution is 5.83. The number of hydrogen-bond acceptors (Lipinski definition) is 5. The molecule has 1 aromatic carbocycles. The average molecular weight is 399 g/mol. The zero-order valence-corrected chi connectivity index (χ0v) is 16.9. The molecule has 0 unspecified atom stereocenters. The van der Waals surface area contributed by atoms with Crippen molar-refractivity contribution in [1.29, 1.82) is 0 Å². The fraction of sp³-hybridized carbons (Fsp3) is 0.652. The summed E-state index contributed by atoms with van der Waals surface area (Å²) >= 11 is 0. The van der Waals surface area contributed by atoms with Crippen LogP contribution in [-0.4, -0.2) is 24.8 Å². The molecule has 1 aliphatic heterocycles. The van der Waals surface area contributed by atoms with Gasteiger partial charge in [0.1, 0.15) is 0 Å². The molecular formula is C23H29NO5. The molecule has 0 saturated heterocycles. The monoisotopic (exact) mass is 399 g/mol. The number of carbonyl (C=O) groups excluding carboxylic acids is 2. The SMILES string of the molecule is C[C@H](OC(=O)CC12CC3CC(CC(C3)C1)C2)C(=O)NCc1ccc2c(c1)OCO2. The standard InChI is InChI=1S/C23H29NO5/c1-14(22(26)24-12-15-2-3-19-20(7-15)28-13-27-19)29-21(25)11-23-8-16-4-17(9-23)6-18(5-16)10-23/h2-3,7,14,16-18H,4-6,8-13H2,1H3,(H,24,26)/t14-,16?,17?,18?,23?/m0/s1. The lowest BCUT2D eigenvalue weighted by Crippen LogP contribution is -2.47. The molecular weight excluding hydrogens is 370 g/mol. The summed E-state index contributed by atoms with van der Waals surface area (Å²) in [6.07, 6.45) is 7.24. The van der Waals surface area contributed by atoms with E-state index >= 15 is 0 Å². The van der Waals surface area contributed by atoms with Gasteiger partial charge in [0.15, 0.2) is 17.6 Å². The van der Waals surface area contributed by atoms with E-state index in [-0.39, 0.29) is 24.1 Å². The predicted octanol–water partition coefficient (Wildman–Crippen LogP) is 3.57. The van der Waals surface area contributed by atoms with Crippen LogP contribution in [0.3, 0.4) is 0 Å². The maximum absolute atomic E-state index is 12.6. The molecule has 1 heterocycles. The molecule has 1 aromatic rings. The van der Waals surface area contributed by atoms with Gasteiger partial charge in [-0.1, -0.05) is 6.07 Å². The first-order chi connectivity index (χ1) is 14.0. The molecule has 156 valence electrons. The summed E-state index contributed by atoms with van der Waals surface area (Å²) in [7, 11) is 0. The van der Waals surface area contributed by atoms with Crippen LogP contribution in [0, 0.1) is 23.2 Å². The molecule has 29 heavy (non-hydrogen) atoms. The summed E-state index contributed by atoms with van der Waals surface area (Å²) in [6, 6.07) is 5.57. The number of carbonyl (C=O) groups is 2. The van der Waals surface area contributed by atoms with Crippen LogP contribution in [0.15, 0.2) is 18.2 Å². The third-order valence-electron chi connectivity index (χ3n) is 7.27. The lowest BCUT2D eigenvalue weighted by Gasteiger charge is -2.56. The first-order valence-electron chi connectivity index (χ1n) is 10.8. The Bertz CT molecular complexity index is 784. The first kappa shape index (κ1) is 18.8. The van der Waals surface area contributed by atoms with Crippen LogP contribution < -0.4 is 14.8 Å². The van der Waals surface area contributed by atoms with E-state index in [1.54, 1.807) is 6.92 Å². The molecule has 4 fully saturated rings. The van der Waals surface area contributed by atoms with Crippen LogP contribution in [-0.2, 0) is 20.9 Å². The van der Waals surface area contributed by atoms with Crippen LogP contribution in [0.5, 0.6) is 11.5 Å². The Balaban J connectivity index is 1.12. The predicted molar refractivity (Wildman–Crippen MR) is 105 cm³/mol. The smallest absolute Gasteiger partial charge is 0.307 e. The van der Waals surface area contributed by atoms with Crippen molar-refractivity contribution in [2.24, 2.45) is 23.2 Å². The minimum Gasteiger partial charge on any atom is -0.454 e. The average Bonchev–Trinajstić information content (AvgIpc) is 3.12. The highest BCUT2D eigenvalue weighted by Crippen LogP contribution is 2.61. The number of benzene rings is 1. The van der Waals surface area contributed by atoms with E-state index < -0.39 is 6.10 Å². The first-order valence-corrected chi connectivity index (χ1v) is 10.8. The van der Waals surface area contributed by atoms with E-state index in [0.717, 1.165) is 23.3 Å². The van der Waals surface area contributed by atoms with Gasteiger partial charge in [0, 0.05) is 6.54 Å². The molecule has 4 bridgehead atoms. The molecule has 6 rings (SSSR count). The molecule has 0 radical (unpaired) electrons. The van der Waals surface area contributed by atoms with Crippen LogP contribution in [0.4, 0.5) is 0 Å². The van der Waals surface area contributed by atoms with Crippen molar-refractivity contribution in [3.63, 3.8) is 0 Å². The minimum absolute atomic E-state index is 0.133. The van der Waals surface area contributed by atoms with E-state index in [4.69, 9.17) is 14.2 Å². The number of amides is 1. The number of rotatable bonds is 6. The molecule has 6 nitrogen and oxygen atoms in total. The molecule has 1 N–H and O–H groups in total. The van der Waals surface area contributed by atoms with Gasteiger partial charge in [0.05, 0.1) is 6.42 Å². The van der Waals surface area contributed by atoms with Gasteiger partial charge in [-0.15, -0.1) is 0 Å². The fourth-order valence-corrected chi connectivity index (χ4v) is 6.49. The molecule has 0 aromatic heterocycles. The van der Waals surface area contributed by atoms with Gasteiger partial charge in [-0.2, -0.15) is 0 Å². The quantitative estimate of drug-likeness (QED) is 0.741. The van der Waals surface area contributed by atoms with E-state index in [0.29, 0.717) is 24.5 Å². The fourth-order valence-electron chi connectivity index (χ4n) is 6.49. The van der Waals surface area contributed by atoms with E-state index in [1.807, 2.05) is 18.2 Å². The summed E-state index contributed by atoms with van der Waals surface area (Å²) in [4.78, 5) is 25.0. The van der Waals surface area contributed by atoms with Gasteiger partial charge in [0.2, 0.25) is 6.79 Å². The van der Waals surface area contributed by atoms with Crippen LogP contribution in [0.1, 0.15) is 57.4 Å². The zero-order valence-electron chi connectivity index (χ0n) is 16.9. The number of ether oxygens (including phenoxy) is 3. The third kappa shape index (κ3) is 3.81. The lowest BCUT2D eigenvalue weighted by molar-refractivity contribution is -0.161. The topological polar surface area (TPSA) is 73.9 Å². The van der Waals surface area contributed by atoms with Crippen molar-refractivity contribution in [3.05, 3.63) is 23.8 Å². The Morgan fingerprint density at radius 2 is 1.76 bits per heavy atom. The molecule has 4 aliphatic carbocycles. The van der Waals surface area contributed by atoms with Gasteiger partial charge >= 0.3 is 5.97 Å². The Morgan fingerprint density at radius 1 is 1.10 bits per heavy atom. The number of esters is 1. The molecule has 0 spiro atoms. The second-order valence-corrected chi connectivity index (χ2v) is 9.63. The molecule has 5 aliphatic rings. The Morgan fingerprint density at radius 3 is 2.45 bits per heavy atom. The van der Waals surface area contributed by atoms with Crippen molar-refractivity contribution in [2.45, 2.75) is 64.5 Å². The van der Waals surface area contributed by atoms with Crippen molar-refractivity contribution in [2.75, 3.05) is 6.79 Å². The summed E-state index contributed by atoms with van der Waals surface area (Å²) in [6.45, 7) is 2.22. The molecule has 4 saturated carbocycles. The summed E-state index contributed by atoms with van der Waals surface area (Å²) in [5.41, 5.74) is 1.05. The van der Waals surface area contributed by atoms with E-state index in [1.165, 1.54) is 38.5 Å². The van der Waals surface area contributed by atoms with Gasteiger partial charge < -0.3 is 19.5 Å². The maximum Gasteiger partial charge on any atom is 0.307 e. The Kier molecular flexibility index (Phi) is 4.67. The zero-order chi connectivity index (χ0) is 20.0. The maximum atomic E-state index is 12.6. The summed E-state index contributed by atoms with van der Waals surface area (Å²) < 4.78 is 16.2. The summed E-state index contributed by atoms with van der Waals surface area (Å²) in [5, 5.41) is 2.84. The number of hydrogen-bond donors (Lipinski definition) is 1. The molecule has 1 atom stereocenters. The normalized spacial score (nSPS) is 32.1. The van der Waals surface area contributed by atoms with Crippen LogP contribution in [0.2, 0.25) is 0 Å². The second-order valence-electron chi connectivity index (χ2n) is 9.63. The van der Waals surface area contributed by atoms with Gasteiger partial charge in [-0.25, -0.2) is 0 Å². The lowest BCUT2D eigenvalue weighted by atomic mass is 9.49. The molecule has 6 heteroatoms. The van der Waals surface area contributed by atoms with Crippen LogP contribution >= 0.6 is 0 Å². The largest absolute Gasteiger partial charge is 0.454 e. The van der Waals surface area contributed by atoms with Crippen molar-refractivity contribution >= 4 is 11.9 Å². The third-order valence-corrected chi connectivity index (χ3v) is 7.27. The van der Waals surface area contributed by atoms with Gasteiger partial charge in [0.25, 0.3) is 5.91 Å². The van der Waals surface area contributed by atoms with E-state index in [9.17, 15) is 9.59 Å². The summed E-state index contributed by atoms with van der Waals surface area (Å²) in [5.74, 6) is 3.31. The highest BCUT2D eigenvalue weighted by atomic mass is 16.7. The number of nitrogens with one attached hydrogen (secondary N) is 1. The van der Waals surface area contributed by atoms with E-state index in [2.05, 4.69) is 5.32 Å². The van der Waals surface area contributed by atoms with Crippen molar-refractivity contribution in [3.8, 4) is 11.5 Å². The van der Waals surface area contributed by atoms with Crippen LogP contribution in [0.25, 0.3) is 0 Å².